The van der Waals surface area contributed by atoms with Crippen LogP contribution < -0.4 is 4.72 Å². The summed E-state index contributed by atoms with van der Waals surface area (Å²) < 4.78 is 27.0. The van der Waals surface area contributed by atoms with Crippen LogP contribution in [0.25, 0.3) is 0 Å². The molecule has 6 nitrogen and oxygen atoms in total. The molecule has 0 saturated carbocycles. The summed E-state index contributed by atoms with van der Waals surface area (Å²) in [6.07, 6.45) is 1.33. The standard InChI is InChI=1S/C12H8BrN3O3S/c13-8-3-1-4-9(12(8)17)16-20(18,19)11-5-2-6-15-10(11)7-14/h1-6,16-17H. The van der Waals surface area contributed by atoms with Gasteiger partial charge in [-0.25, -0.2) is 13.4 Å². The molecule has 2 rings (SSSR count). The van der Waals surface area contributed by atoms with Gasteiger partial charge in [0, 0.05) is 6.20 Å². The van der Waals surface area contributed by atoms with E-state index < -0.39 is 10.0 Å². The molecule has 1 aromatic carbocycles. The monoisotopic (exact) mass is 353 g/mol. The third kappa shape index (κ3) is 2.74. The molecule has 0 aliphatic carbocycles. The summed E-state index contributed by atoms with van der Waals surface area (Å²) in [5.74, 6) is -0.238. The molecule has 0 atom stereocenters. The average Bonchev–Trinajstić information content (AvgIpc) is 2.43. The molecule has 0 saturated heterocycles. The Morgan fingerprint density at radius 3 is 2.75 bits per heavy atom. The number of sulfonamides is 1. The molecule has 0 aliphatic rings. The Bertz CT molecular complexity index is 800. The fraction of sp³-hybridized carbons (Fsp3) is 0. The van der Waals surface area contributed by atoms with Gasteiger partial charge in [0.15, 0.2) is 11.4 Å². The third-order valence-electron chi connectivity index (χ3n) is 2.40. The van der Waals surface area contributed by atoms with Gasteiger partial charge >= 0.3 is 0 Å². The van der Waals surface area contributed by atoms with Gasteiger partial charge in [-0.2, -0.15) is 5.26 Å². The molecule has 0 unspecified atom stereocenters. The molecule has 0 bridgehead atoms. The molecule has 0 amide bonds. The number of hydrogen-bond donors (Lipinski definition) is 2. The van der Waals surface area contributed by atoms with E-state index in [2.05, 4.69) is 25.6 Å². The Morgan fingerprint density at radius 1 is 1.30 bits per heavy atom. The van der Waals surface area contributed by atoms with Gasteiger partial charge in [-0.15, -0.1) is 0 Å². The van der Waals surface area contributed by atoms with Crippen LogP contribution >= 0.6 is 15.9 Å². The van der Waals surface area contributed by atoms with Gasteiger partial charge in [0.2, 0.25) is 0 Å². The maximum atomic E-state index is 12.2. The average molecular weight is 354 g/mol. The van der Waals surface area contributed by atoms with Crippen LogP contribution in [-0.2, 0) is 10.0 Å². The van der Waals surface area contributed by atoms with Crippen LogP contribution in [0, 0.1) is 11.3 Å². The number of aromatic nitrogens is 1. The first-order valence-corrected chi connectivity index (χ1v) is 7.59. The number of rotatable bonds is 3. The number of nitriles is 1. The highest BCUT2D eigenvalue weighted by atomic mass is 79.9. The predicted molar refractivity (Wildman–Crippen MR) is 75.6 cm³/mol. The number of nitrogens with zero attached hydrogens (tertiary/aromatic N) is 2. The van der Waals surface area contributed by atoms with Gasteiger partial charge < -0.3 is 5.11 Å². The molecule has 0 radical (unpaired) electrons. The van der Waals surface area contributed by atoms with E-state index in [-0.39, 0.29) is 22.0 Å². The highest BCUT2D eigenvalue weighted by Gasteiger charge is 2.21. The molecule has 20 heavy (non-hydrogen) atoms. The van der Waals surface area contributed by atoms with Crippen molar-refractivity contribution in [3.05, 3.63) is 46.7 Å². The number of hydrogen-bond acceptors (Lipinski definition) is 5. The normalized spacial score (nSPS) is 10.8. The van der Waals surface area contributed by atoms with Crippen molar-refractivity contribution in [3.63, 3.8) is 0 Å². The van der Waals surface area contributed by atoms with Crippen LogP contribution in [0.2, 0.25) is 0 Å². The summed E-state index contributed by atoms with van der Waals surface area (Å²) in [6.45, 7) is 0. The SMILES string of the molecule is N#Cc1ncccc1S(=O)(=O)Nc1cccc(Br)c1O. The summed E-state index contributed by atoms with van der Waals surface area (Å²) in [5.41, 5.74) is -0.207. The van der Waals surface area contributed by atoms with Crippen molar-refractivity contribution in [2.75, 3.05) is 4.72 Å². The summed E-state index contributed by atoms with van der Waals surface area (Å²) in [7, 11) is -4.01. The first-order chi connectivity index (χ1) is 9.45. The van der Waals surface area contributed by atoms with Crippen LogP contribution in [0.3, 0.4) is 0 Å². The van der Waals surface area contributed by atoms with E-state index in [4.69, 9.17) is 5.26 Å². The van der Waals surface area contributed by atoms with Crippen molar-refractivity contribution in [2.45, 2.75) is 4.90 Å². The van der Waals surface area contributed by atoms with Crippen LogP contribution in [0.1, 0.15) is 5.69 Å². The maximum absolute atomic E-state index is 12.2. The molecule has 8 heteroatoms. The lowest BCUT2D eigenvalue weighted by Crippen LogP contribution is -2.15. The zero-order chi connectivity index (χ0) is 14.8. The first kappa shape index (κ1) is 14.3. The van der Waals surface area contributed by atoms with Crippen molar-refractivity contribution >= 4 is 31.6 Å². The van der Waals surface area contributed by atoms with Crippen molar-refractivity contribution in [1.82, 2.24) is 4.98 Å². The molecule has 1 heterocycles. The van der Waals surface area contributed by atoms with Crippen LogP contribution in [0.15, 0.2) is 45.9 Å². The van der Waals surface area contributed by atoms with Gasteiger partial charge in [-0.3, -0.25) is 4.72 Å². The summed E-state index contributed by atoms with van der Waals surface area (Å²) in [5, 5.41) is 18.7. The van der Waals surface area contributed by atoms with E-state index >= 15 is 0 Å². The zero-order valence-corrected chi connectivity index (χ0v) is 12.3. The Morgan fingerprint density at radius 2 is 2.05 bits per heavy atom. The molecule has 1 aromatic heterocycles. The molecule has 2 aromatic rings. The molecular formula is C12H8BrN3O3S. The quantitative estimate of drug-likeness (QED) is 0.823. The number of phenols is 1. The van der Waals surface area contributed by atoms with Crippen molar-refractivity contribution in [3.8, 4) is 11.8 Å². The lowest BCUT2D eigenvalue weighted by atomic mass is 10.3. The summed E-state index contributed by atoms with van der Waals surface area (Å²) in [4.78, 5) is 3.44. The van der Waals surface area contributed by atoms with Crippen LogP contribution in [0.4, 0.5) is 5.69 Å². The lowest BCUT2D eigenvalue weighted by Gasteiger charge is -2.10. The minimum Gasteiger partial charge on any atom is -0.505 e. The number of halogens is 1. The van der Waals surface area contributed by atoms with E-state index in [9.17, 15) is 13.5 Å². The van der Waals surface area contributed by atoms with E-state index in [1.165, 1.54) is 24.4 Å². The predicted octanol–water partition coefficient (Wildman–Crippen LogP) is 2.22. The minimum absolute atomic E-state index is 0.00659. The molecule has 0 fully saturated rings. The number of benzene rings is 1. The molecule has 0 aliphatic heterocycles. The molecule has 102 valence electrons. The van der Waals surface area contributed by atoms with Crippen molar-refractivity contribution in [1.29, 1.82) is 5.26 Å². The second kappa shape index (κ2) is 5.48. The highest BCUT2D eigenvalue weighted by Crippen LogP contribution is 2.33. The van der Waals surface area contributed by atoms with E-state index in [1.807, 2.05) is 0 Å². The van der Waals surface area contributed by atoms with E-state index in [0.717, 1.165) is 0 Å². The van der Waals surface area contributed by atoms with Crippen LogP contribution in [0.5, 0.6) is 5.75 Å². The molecule has 0 spiro atoms. The Hall–Kier alpha value is -2.11. The number of aromatic hydroxyl groups is 1. The first-order valence-electron chi connectivity index (χ1n) is 5.31. The number of nitrogens with one attached hydrogen (secondary N) is 1. The maximum Gasteiger partial charge on any atom is 0.264 e. The van der Waals surface area contributed by atoms with Gasteiger partial charge in [-0.1, -0.05) is 6.07 Å². The number of pyridine rings is 1. The smallest absolute Gasteiger partial charge is 0.264 e. The largest absolute Gasteiger partial charge is 0.505 e. The number of anilines is 1. The Labute approximate surface area is 123 Å². The Kier molecular flexibility index (Phi) is 3.92. The lowest BCUT2D eigenvalue weighted by molar-refractivity contribution is 0.474. The summed E-state index contributed by atoms with van der Waals surface area (Å²) in [6, 6.07) is 8.93. The Balaban J connectivity index is 2.47. The topological polar surface area (TPSA) is 103 Å². The van der Waals surface area contributed by atoms with E-state index in [0.29, 0.717) is 4.47 Å². The van der Waals surface area contributed by atoms with Crippen LogP contribution in [-0.4, -0.2) is 18.5 Å². The van der Waals surface area contributed by atoms with Gasteiger partial charge in [0.05, 0.1) is 10.2 Å². The number of para-hydroxylation sites is 1. The number of phenolic OH excluding ortho intramolecular Hbond substituents is 1. The van der Waals surface area contributed by atoms with Crippen molar-refractivity contribution in [2.24, 2.45) is 0 Å². The van der Waals surface area contributed by atoms with Gasteiger partial charge in [0.25, 0.3) is 10.0 Å². The minimum atomic E-state index is -4.01. The zero-order valence-electron chi connectivity index (χ0n) is 9.91. The second-order valence-electron chi connectivity index (χ2n) is 3.70. The van der Waals surface area contributed by atoms with Gasteiger partial charge in [-0.05, 0) is 40.2 Å². The summed E-state index contributed by atoms with van der Waals surface area (Å²) >= 11 is 3.09. The fourth-order valence-electron chi connectivity index (χ4n) is 1.49. The van der Waals surface area contributed by atoms with E-state index in [1.54, 1.807) is 18.2 Å². The third-order valence-corrected chi connectivity index (χ3v) is 4.43. The fourth-order valence-corrected chi connectivity index (χ4v) is 3.03. The van der Waals surface area contributed by atoms with Gasteiger partial charge in [0.1, 0.15) is 11.0 Å². The molecular weight excluding hydrogens is 346 g/mol. The highest BCUT2D eigenvalue weighted by molar-refractivity contribution is 9.10. The molecule has 2 N–H and O–H groups in total. The van der Waals surface area contributed by atoms with Crippen molar-refractivity contribution < 1.29 is 13.5 Å². The second-order valence-corrected chi connectivity index (χ2v) is 6.21.